The zero-order valence-corrected chi connectivity index (χ0v) is 21.0. The Morgan fingerprint density at radius 3 is 2.62 bits per heavy atom. The van der Waals surface area contributed by atoms with Crippen molar-refractivity contribution in [1.29, 1.82) is 0 Å². The number of hydrogen-bond donors (Lipinski definition) is 2. The number of thioether (sulfide) groups is 1. The zero-order valence-electron chi connectivity index (χ0n) is 20.2. The van der Waals surface area contributed by atoms with Gasteiger partial charge in [-0.2, -0.15) is 5.10 Å². The number of aromatic amines is 1. The van der Waals surface area contributed by atoms with E-state index in [1.54, 1.807) is 12.1 Å². The normalized spacial score (nSPS) is 11.7. The van der Waals surface area contributed by atoms with E-state index in [0.29, 0.717) is 18.7 Å². The highest BCUT2D eigenvalue weighted by molar-refractivity contribution is 7.99. The number of amides is 1. The van der Waals surface area contributed by atoms with Gasteiger partial charge in [0.1, 0.15) is 5.75 Å². The van der Waals surface area contributed by atoms with Crippen LogP contribution in [-0.2, 0) is 16.8 Å². The summed E-state index contributed by atoms with van der Waals surface area (Å²) in [6.45, 7) is 11.5. The minimum atomic E-state index is -0.256. The Labute approximate surface area is 204 Å². The van der Waals surface area contributed by atoms with E-state index in [-0.39, 0.29) is 28.6 Å². The average molecular weight is 482 g/mol. The molecule has 0 saturated heterocycles. The van der Waals surface area contributed by atoms with Gasteiger partial charge in [-0.15, -0.1) is 5.10 Å². The molecular weight excluding hydrogens is 450 g/mol. The van der Waals surface area contributed by atoms with E-state index in [9.17, 15) is 9.90 Å². The van der Waals surface area contributed by atoms with Gasteiger partial charge in [0.05, 0.1) is 35.8 Å². The molecule has 0 saturated carbocycles. The third kappa shape index (κ3) is 6.38. The number of ether oxygens (including phenoxy) is 1. The number of nitrogens with zero attached hydrogens (tertiary/aromatic N) is 3. The minimum absolute atomic E-state index is 0.0924. The van der Waals surface area contributed by atoms with Crippen molar-refractivity contribution >= 4 is 23.9 Å². The van der Waals surface area contributed by atoms with Crippen LogP contribution >= 0.6 is 11.8 Å². The number of rotatable bonds is 9. The Morgan fingerprint density at radius 2 is 1.97 bits per heavy atom. The lowest BCUT2D eigenvalue weighted by atomic mass is 9.87. The Hall–Kier alpha value is -3.33. The number of nitrogens with one attached hydrogen (secondary N) is 2. The molecule has 0 aliphatic heterocycles. The molecule has 0 fully saturated rings. The molecule has 0 radical (unpaired) electrons. The Morgan fingerprint density at radius 1 is 1.24 bits per heavy atom. The SMILES string of the molecule is CCOc1cc(C=NNC(=O)CSc2n[nH]c(-c3ccc(C(C)(C)C)cc3)[n+]2CC)ccc1[O-]. The summed E-state index contributed by atoms with van der Waals surface area (Å²) in [4.78, 5) is 12.3. The van der Waals surface area contributed by atoms with Gasteiger partial charge in [-0.05, 0) is 60.4 Å². The van der Waals surface area contributed by atoms with E-state index in [1.807, 2.05) is 18.4 Å². The molecule has 0 aliphatic carbocycles. The average Bonchev–Trinajstić information content (AvgIpc) is 3.22. The van der Waals surface area contributed by atoms with E-state index >= 15 is 0 Å². The fraction of sp³-hybridized carbons (Fsp3) is 0.360. The van der Waals surface area contributed by atoms with Crippen LogP contribution in [-0.4, -0.2) is 34.7 Å². The van der Waals surface area contributed by atoms with Crippen molar-refractivity contribution in [2.45, 2.75) is 51.7 Å². The fourth-order valence-corrected chi connectivity index (χ4v) is 4.09. The van der Waals surface area contributed by atoms with Crippen molar-refractivity contribution in [3.63, 3.8) is 0 Å². The molecule has 34 heavy (non-hydrogen) atoms. The maximum atomic E-state index is 12.3. The van der Waals surface area contributed by atoms with Gasteiger partial charge >= 0.3 is 5.16 Å². The molecule has 2 N–H and O–H groups in total. The first-order valence-electron chi connectivity index (χ1n) is 11.2. The fourth-order valence-electron chi connectivity index (χ4n) is 3.28. The van der Waals surface area contributed by atoms with Gasteiger partial charge in [0.25, 0.3) is 11.7 Å². The second-order valence-electron chi connectivity index (χ2n) is 8.65. The number of hydrogen-bond acceptors (Lipinski definition) is 6. The predicted octanol–water partition coefficient (Wildman–Crippen LogP) is 3.40. The van der Waals surface area contributed by atoms with Gasteiger partial charge in [0.2, 0.25) is 0 Å². The first-order valence-corrected chi connectivity index (χ1v) is 12.2. The summed E-state index contributed by atoms with van der Waals surface area (Å²) in [5.41, 5.74) is 5.57. The first-order chi connectivity index (χ1) is 16.2. The van der Waals surface area contributed by atoms with Crippen LogP contribution in [0.4, 0.5) is 0 Å². The van der Waals surface area contributed by atoms with Crippen molar-refractivity contribution in [3.8, 4) is 22.9 Å². The lowest BCUT2D eigenvalue weighted by Crippen LogP contribution is -2.36. The summed E-state index contributed by atoms with van der Waals surface area (Å²) in [6, 6.07) is 13.1. The number of hydrazone groups is 1. The van der Waals surface area contributed by atoms with Crippen molar-refractivity contribution in [2.24, 2.45) is 5.10 Å². The summed E-state index contributed by atoms with van der Waals surface area (Å²) >= 11 is 1.33. The zero-order chi connectivity index (χ0) is 24.7. The summed E-state index contributed by atoms with van der Waals surface area (Å²) in [5, 5.41) is 23.9. The highest BCUT2D eigenvalue weighted by Crippen LogP contribution is 2.25. The molecular formula is C25H31N5O3S. The van der Waals surface area contributed by atoms with Crippen molar-refractivity contribution in [2.75, 3.05) is 12.4 Å². The Balaban J connectivity index is 1.60. The largest absolute Gasteiger partial charge is 0.870 e. The number of benzene rings is 2. The molecule has 1 heterocycles. The van der Waals surface area contributed by atoms with Crippen LogP contribution in [0, 0.1) is 0 Å². The van der Waals surface area contributed by atoms with Crippen molar-refractivity contribution in [3.05, 3.63) is 53.6 Å². The third-order valence-electron chi connectivity index (χ3n) is 5.10. The number of aromatic nitrogens is 3. The molecule has 0 aliphatic rings. The summed E-state index contributed by atoms with van der Waals surface area (Å²) < 4.78 is 7.34. The molecule has 0 spiro atoms. The monoisotopic (exact) mass is 481 g/mol. The minimum Gasteiger partial charge on any atom is -0.870 e. The molecule has 1 aromatic heterocycles. The topological polar surface area (TPSA) is 106 Å². The van der Waals surface area contributed by atoms with Crippen LogP contribution in [0.5, 0.6) is 11.5 Å². The molecule has 0 unspecified atom stereocenters. The van der Waals surface area contributed by atoms with E-state index < -0.39 is 0 Å². The molecule has 180 valence electrons. The molecule has 2 aromatic carbocycles. The predicted molar refractivity (Wildman–Crippen MR) is 132 cm³/mol. The lowest BCUT2D eigenvalue weighted by Gasteiger charge is -2.18. The van der Waals surface area contributed by atoms with Crippen molar-refractivity contribution < 1.29 is 19.2 Å². The highest BCUT2D eigenvalue weighted by Gasteiger charge is 2.22. The molecule has 3 rings (SSSR count). The third-order valence-corrected chi connectivity index (χ3v) is 6.08. The number of carbonyl (C=O) groups is 1. The van der Waals surface area contributed by atoms with Gasteiger partial charge in [-0.1, -0.05) is 50.8 Å². The maximum absolute atomic E-state index is 12.3. The van der Waals surface area contributed by atoms with E-state index in [1.165, 1.54) is 29.6 Å². The highest BCUT2D eigenvalue weighted by atomic mass is 32.2. The van der Waals surface area contributed by atoms with Gasteiger partial charge in [-0.25, -0.2) is 9.99 Å². The van der Waals surface area contributed by atoms with Crippen LogP contribution in [0.1, 0.15) is 45.7 Å². The Bertz CT molecular complexity index is 1150. The van der Waals surface area contributed by atoms with E-state index in [4.69, 9.17) is 4.74 Å². The maximum Gasteiger partial charge on any atom is 0.337 e. The summed E-state index contributed by atoms with van der Waals surface area (Å²) in [6.07, 6.45) is 1.48. The van der Waals surface area contributed by atoms with Gasteiger partial charge < -0.3 is 9.84 Å². The smallest absolute Gasteiger partial charge is 0.337 e. The standard InChI is InChI=1S/C25H31N5O3S/c1-6-30-23(18-9-11-19(12-10-18)25(3,4)5)28-29-24(30)34-16-22(32)27-26-15-17-8-13-20(31)21(14-17)33-7-2/h8-15H,6-7,16H2,1-5H3,(H2,26,27,31,32). The quantitative estimate of drug-likeness (QED) is 0.211. The molecule has 8 nitrogen and oxygen atoms in total. The van der Waals surface area contributed by atoms with Crippen LogP contribution in [0.3, 0.4) is 0 Å². The van der Waals surface area contributed by atoms with Crippen molar-refractivity contribution in [1.82, 2.24) is 15.6 Å². The molecule has 0 atom stereocenters. The second kappa shape index (κ2) is 11.2. The lowest BCUT2D eigenvalue weighted by molar-refractivity contribution is -0.719. The number of carbonyl (C=O) groups excluding carboxylic acids is 1. The molecule has 3 aromatic rings. The van der Waals surface area contributed by atoms with Gasteiger partial charge in [-0.3, -0.25) is 4.79 Å². The summed E-state index contributed by atoms with van der Waals surface area (Å²) in [5.74, 6) is 0.880. The van der Waals surface area contributed by atoms with Crippen LogP contribution in [0.2, 0.25) is 0 Å². The molecule has 0 bridgehead atoms. The number of H-pyrrole nitrogens is 1. The van der Waals surface area contributed by atoms with Gasteiger partial charge in [0.15, 0.2) is 0 Å². The summed E-state index contributed by atoms with van der Waals surface area (Å²) in [7, 11) is 0. The van der Waals surface area contributed by atoms with Gasteiger partial charge in [0, 0.05) is 0 Å². The van der Waals surface area contributed by atoms with Crippen LogP contribution in [0.25, 0.3) is 11.4 Å². The first kappa shape index (κ1) is 25.3. The molecule has 1 amide bonds. The van der Waals surface area contributed by atoms with E-state index in [0.717, 1.165) is 16.5 Å². The van der Waals surface area contributed by atoms with E-state index in [2.05, 4.69) is 65.8 Å². The Kier molecular flexibility index (Phi) is 8.33. The second-order valence-corrected chi connectivity index (χ2v) is 9.59. The van der Waals surface area contributed by atoms with Crippen LogP contribution < -0.4 is 19.8 Å². The molecule has 9 heteroatoms. The van der Waals surface area contributed by atoms with Crippen LogP contribution in [0.15, 0.2) is 52.7 Å².